The summed E-state index contributed by atoms with van der Waals surface area (Å²) in [6.07, 6.45) is 0.740. The summed E-state index contributed by atoms with van der Waals surface area (Å²) in [6, 6.07) is 5.12. The molecule has 142 valence electrons. The topological polar surface area (TPSA) is 119 Å². The molecule has 3 amide bonds. The van der Waals surface area contributed by atoms with Crippen LogP contribution in [0.2, 0.25) is 0 Å². The fourth-order valence-electron chi connectivity index (χ4n) is 3.09. The first kappa shape index (κ1) is 17.1. The van der Waals surface area contributed by atoms with E-state index in [2.05, 4.69) is 20.8 Å². The first-order valence-corrected chi connectivity index (χ1v) is 8.61. The van der Waals surface area contributed by atoms with Crippen LogP contribution in [0.3, 0.4) is 0 Å². The lowest BCUT2D eigenvalue weighted by Crippen LogP contribution is -2.41. The Balaban J connectivity index is 1.32. The van der Waals surface area contributed by atoms with Gasteiger partial charge in [-0.2, -0.15) is 4.98 Å². The van der Waals surface area contributed by atoms with Crippen molar-refractivity contribution in [2.24, 2.45) is 0 Å². The molecule has 1 aromatic heterocycles. The molecule has 0 radical (unpaired) electrons. The molecular weight excluding hydrogens is 354 g/mol. The second-order valence-electron chi connectivity index (χ2n) is 6.37. The third-order valence-electron chi connectivity index (χ3n) is 4.37. The van der Waals surface area contributed by atoms with E-state index in [1.54, 1.807) is 23.1 Å². The number of hydrogen-bond acceptors (Lipinski definition) is 7. The van der Waals surface area contributed by atoms with Crippen molar-refractivity contribution < 1.29 is 23.6 Å². The summed E-state index contributed by atoms with van der Waals surface area (Å²) >= 11 is 0. The smallest absolute Gasteiger partial charge is 0.317 e. The Bertz CT molecular complexity index is 867. The summed E-state index contributed by atoms with van der Waals surface area (Å²) in [5, 5.41) is 9.48. The quantitative estimate of drug-likeness (QED) is 0.817. The molecular formula is C17H19N5O5. The van der Waals surface area contributed by atoms with E-state index >= 15 is 0 Å². The standard InChI is InChI=1S/C17H19N5O5/c1-10(23)19-12-4-5-22(8-12)17(24)18-7-15-20-16(27-21-15)11-2-3-13-14(6-11)26-9-25-13/h2-3,6,12H,4-5,7-9H2,1H3,(H,18,24)(H,19,23)/t12-/m0/s1. The zero-order chi connectivity index (χ0) is 18.8. The summed E-state index contributed by atoms with van der Waals surface area (Å²) in [5.41, 5.74) is 0.710. The van der Waals surface area contributed by atoms with Gasteiger partial charge in [-0.05, 0) is 24.6 Å². The molecule has 10 heteroatoms. The van der Waals surface area contributed by atoms with Crippen LogP contribution >= 0.6 is 0 Å². The molecule has 3 heterocycles. The molecule has 0 bridgehead atoms. The number of benzene rings is 1. The van der Waals surface area contributed by atoms with Gasteiger partial charge in [0, 0.05) is 31.6 Å². The first-order chi connectivity index (χ1) is 13.1. The van der Waals surface area contributed by atoms with Crippen LogP contribution in [-0.4, -0.2) is 52.9 Å². The SMILES string of the molecule is CC(=O)N[C@H]1CCN(C(=O)NCc2noc(-c3ccc4c(c3)OCO4)n2)C1. The fourth-order valence-corrected chi connectivity index (χ4v) is 3.09. The molecule has 0 saturated carbocycles. The van der Waals surface area contributed by atoms with E-state index in [0.717, 1.165) is 6.42 Å². The number of fused-ring (bicyclic) bond motifs is 1. The minimum atomic E-state index is -0.225. The Labute approximate surface area is 154 Å². The van der Waals surface area contributed by atoms with Crippen molar-refractivity contribution in [3.8, 4) is 23.0 Å². The molecule has 0 aliphatic carbocycles. The number of urea groups is 1. The molecule has 4 rings (SSSR count). The summed E-state index contributed by atoms with van der Waals surface area (Å²) in [5.74, 6) is 1.92. The molecule has 2 N–H and O–H groups in total. The highest BCUT2D eigenvalue weighted by Crippen LogP contribution is 2.35. The van der Waals surface area contributed by atoms with Crippen LogP contribution in [0.1, 0.15) is 19.2 Å². The van der Waals surface area contributed by atoms with Gasteiger partial charge in [0.15, 0.2) is 17.3 Å². The molecule has 1 aromatic carbocycles. The number of amides is 3. The monoisotopic (exact) mass is 373 g/mol. The second kappa shape index (κ2) is 7.14. The van der Waals surface area contributed by atoms with Crippen molar-refractivity contribution in [3.05, 3.63) is 24.0 Å². The van der Waals surface area contributed by atoms with E-state index in [4.69, 9.17) is 14.0 Å². The zero-order valence-corrected chi connectivity index (χ0v) is 14.7. The van der Waals surface area contributed by atoms with E-state index in [0.29, 0.717) is 41.9 Å². The Morgan fingerprint density at radius 1 is 1.30 bits per heavy atom. The highest BCUT2D eigenvalue weighted by atomic mass is 16.7. The maximum atomic E-state index is 12.2. The first-order valence-electron chi connectivity index (χ1n) is 8.61. The van der Waals surface area contributed by atoms with Gasteiger partial charge in [0.25, 0.3) is 5.89 Å². The van der Waals surface area contributed by atoms with Crippen LogP contribution in [0.25, 0.3) is 11.5 Å². The van der Waals surface area contributed by atoms with Gasteiger partial charge in [-0.3, -0.25) is 4.79 Å². The van der Waals surface area contributed by atoms with Gasteiger partial charge in [0.05, 0.1) is 6.54 Å². The highest BCUT2D eigenvalue weighted by molar-refractivity contribution is 5.75. The molecule has 1 saturated heterocycles. The van der Waals surface area contributed by atoms with Gasteiger partial charge < -0.3 is 29.5 Å². The van der Waals surface area contributed by atoms with Crippen molar-refractivity contribution in [2.45, 2.75) is 25.9 Å². The van der Waals surface area contributed by atoms with Crippen molar-refractivity contribution in [3.63, 3.8) is 0 Å². The van der Waals surface area contributed by atoms with E-state index in [-0.39, 0.29) is 31.3 Å². The summed E-state index contributed by atoms with van der Waals surface area (Å²) < 4.78 is 15.9. The van der Waals surface area contributed by atoms with E-state index in [1.165, 1.54) is 6.92 Å². The van der Waals surface area contributed by atoms with Crippen molar-refractivity contribution in [1.82, 2.24) is 25.7 Å². The van der Waals surface area contributed by atoms with Gasteiger partial charge in [-0.1, -0.05) is 5.16 Å². The van der Waals surface area contributed by atoms with Gasteiger partial charge in [0.2, 0.25) is 12.7 Å². The zero-order valence-electron chi connectivity index (χ0n) is 14.7. The molecule has 2 aliphatic rings. The number of carbonyl (C=O) groups excluding carboxylic acids is 2. The fraction of sp³-hybridized carbons (Fsp3) is 0.412. The largest absolute Gasteiger partial charge is 0.454 e. The molecule has 1 atom stereocenters. The normalized spacial score (nSPS) is 17.8. The third-order valence-corrected chi connectivity index (χ3v) is 4.37. The van der Waals surface area contributed by atoms with E-state index < -0.39 is 0 Å². The van der Waals surface area contributed by atoms with E-state index in [9.17, 15) is 9.59 Å². The number of likely N-dealkylation sites (tertiary alicyclic amines) is 1. The number of carbonyl (C=O) groups is 2. The summed E-state index contributed by atoms with van der Waals surface area (Å²) in [6.45, 7) is 2.88. The maximum absolute atomic E-state index is 12.2. The predicted octanol–water partition coefficient (Wildman–Crippen LogP) is 0.885. The summed E-state index contributed by atoms with van der Waals surface area (Å²) in [7, 11) is 0. The van der Waals surface area contributed by atoms with Gasteiger partial charge >= 0.3 is 6.03 Å². The lowest BCUT2D eigenvalue weighted by Gasteiger charge is -2.16. The molecule has 0 spiro atoms. The maximum Gasteiger partial charge on any atom is 0.317 e. The molecule has 2 aromatic rings. The Kier molecular flexibility index (Phi) is 4.53. The minimum Gasteiger partial charge on any atom is -0.454 e. The Hall–Kier alpha value is -3.30. The Morgan fingerprint density at radius 2 is 2.15 bits per heavy atom. The highest BCUT2D eigenvalue weighted by Gasteiger charge is 2.26. The number of ether oxygens (including phenoxy) is 2. The molecule has 0 unspecified atom stereocenters. The lowest BCUT2D eigenvalue weighted by atomic mass is 10.2. The van der Waals surface area contributed by atoms with Crippen molar-refractivity contribution in [1.29, 1.82) is 0 Å². The van der Waals surface area contributed by atoms with Crippen LogP contribution in [0, 0.1) is 0 Å². The number of rotatable bonds is 4. The van der Waals surface area contributed by atoms with Crippen molar-refractivity contribution >= 4 is 11.9 Å². The van der Waals surface area contributed by atoms with Gasteiger partial charge in [0.1, 0.15) is 0 Å². The average Bonchev–Trinajstić information content (AvgIpc) is 3.38. The van der Waals surface area contributed by atoms with Crippen LogP contribution in [0.15, 0.2) is 22.7 Å². The Morgan fingerprint density at radius 3 is 3.00 bits per heavy atom. The predicted molar refractivity (Wildman–Crippen MR) is 91.9 cm³/mol. The molecule has 1 fully saturated rings. The van der Waals surface area contributed by atoms with Crippen LogP contribution < -0.4 is 20.1 Å². The van der Waals surface area contributed by atoms with Crippen LogP contribution in [-0.2, 0) is 11.3 Å². The van der Waals surface area contributed by atoms with Crippen LogP contribution in [0.4, 0.5) is 4.79 Å². The third kappa shape index (κ3) is 3.78. The number of aromatic nitrogens is 2. The summed E-state index contributed by atoms with van der Waals surface area (Å²) in [4.78, 5) is 29.3. The van der Waals surface area contributed by atoms with Gasteiger partial charge in [-0.25, -0.2) is 4.79 Å². The van der Waals surface area contributed by atoms with Crippen LogP contribution in [0.5, 0.6) is 11.5 Å². The molecule has 27 heavy (non-hydrogen) atoms. The number of nitrogens with one attached hydrogen (secondary N) is 2. The molecule has 2 aliphatic heterocycles. The second-order valence-corrected chi connectivity index (χ2v) is 6.37. The van der Waals surface area contributed by atoms with Crippen molar-refractivity contribution in [2.75, 3.05) is 19.9 Å². The number of nitrogens with zero attached hydrogens (tertiary/aromatic N) is 3. The average molecular weight is 373 g/mol. The number of hydrogen-bond donors (Lipinski definition) is 2. The molecule has 10 nitrogen and oxygen atoms in total. The lowest BCUT2D eigenvalue weighted by molar-refractivity contribution is -0.119. The minimum absolute atomic E-state index is 0.00367. The van der Waals surface area contributed by atoms with E-state index in [1.807, 2.05) is 0 Å². The van der Waals surface area contributed by atoms with Gasteiger partial charge in [-0.15, -0.1) is 0 Å².